The average Bonchev–Trinajstić information content (AvgIpc) is 2.77. The van der Waals surface area contributed by atoms with E-state index in [0.717, 1.165) is 6.42 Å². The van der Waals surface area contributed by atoms with Crippen LogP contribution in [0.25, 0.3) is 0 Å². The van der Waals surface area contributed by atoms with Gasteiger partial charge in [0.1, 0.15) is 5.60 Å². The Morgan fingerprint density at radius 3 is 2.40 bits per heavy atom. The van der Waals surface area contributed by atoms with Crippen molar-refractivity contribution in [2.45, 2.75) is 58.1 Å². The van der Waals surface area contributed by atoms with Gasteiger partial charge in [-0.15, -0.1) is 0 Å². The number of likely N-dealkylation sites (tertiary alicyclic amines) is 1. The van der Waals surface area contributed by atoms with Crippen molar-refractivity contribution in [2.75, 3.05) is 27.3 Å². The Kier molecular flexibility index (Phi) is 6.23. The molecule has 118 valence electrons. The number of amides is 1. The highest BCUT2D eigenvalue weighted by Crippen LogP contribution is 2.16. The number of carbonyl (C=O) groups is 1. The third kappa shape index (κ3) is 5.26. The second-order valence-electron chi connectivity index (χ2n) is 6.21. The van der Waals surface area contributed by atoms with Gasteiger partial charge in [0.25, 0.3) is 0 Å². The van der Waals surface area contributed by atoms with Crippen LogP contribution in [0.4, 0.5) is 4.79 Å². The van der Waals surface area contributed by atoms with Crippen molar-refractivity contribution in [2.24, 2.45) is 0 Å². The molecule has 1 amide bonds. The zero-order valence-electron chi connectivity index (χ0n) is 13.4. The third-order valence-electron chi connectivity index (χ3n) is 3.21. The van der Waals surface area contributed by atoms with Gasteiger partial charge in [-0.3, -0.25) is 0 Å². The maximum Gasteiger partial charge on any atom is 0.410 e. The van der Waals surface area contributed by atoms with E-state index in [9.17, 15) is 4.79 Å². The van der Waals surface area contributed by atoms with Crippen molar-refractivity contribution in [3.05, 3.63) is 0 Å². The number of methoxy groups -OCH3 is 2. The van der Waals surface area contributed by atoms with Gasteiger partial charge in [-0.2, -0.15) is 0 Å². The lowest BCUT2D eigenvalue weighted by atomic mass is 10.2. The van der Waals surface area contributed by atoms with E-state index in [1.165, 1.54) is 0 Å². The van der Waals surface area contributed by atoms with Crippen LogP contribution in [0.2, 0.25) is 0 Å². The van der Waals surface area contributed by atoms with E-state index < -0.39 is 5.60 Å². The lowest BCUT2D eigenvalue weighted by Gasteiger charge is -2.26. The van der Waals surface area contributed by atoms with Crippen molar-refractivity contribution >= 4 is 6.09 Å². The van der Waals surface area contributed by atoms with Crippen molar-refractivity contribution in [3.8, 4) is 0 Å². The summed E-state index contributed by atoms with van der Waals surface area (Å²) in [7, 11) is 3.24. The highest BCUT2D eigenvalue weighted by molar-refractivity contribution is 5.68. The molecule has 1 aliphatic rings. The summed E-state index contributed by atoms with van der Waals surface area (Å²) in [5.74, 6) is 0. The molecule has 0 saturated carbocycles. The van der Waals surface area contributed by atoms with E-state index in [0.29, 0.717) is 13.1 Å². The molecule has 0 aromatic carbocycles. The van der Waals surface area contributed by atoms with Crippen LogP contribution in [0.15, 0.2) is 0 Å². The van der Waals surface area contributed by atoms with Crippen LogP contribution >= 0.6 is 0 Å². The average molecular weight is 288 g/mol. The molecule has 1 heterocycles. The maximum atomic E-state index is 12.0. The van der Waals surface area contributed by atoms with Gasteiger partial charge in [-0.05, 0) is 34.1 Å². The van der Waals surface area contributed by atoms with Crippen LogP contribution in [-0.2, 0) is 14.2 Å². The molecular formula is C14H28N2O4. The number of ether oxygens (including phenoxy) is 3. The molecule has 0 radical (unpaired) electrons. The van der Waals surface area contributed by atoms with E-state index in [-0.39, 0.29) is 24.5 Å². The highest BCUT2D eigenvalue weighted by Gasteiger charge is 2.31. The Labute approximate surface area is 121 Å². The first-order chi connectivity index (χ1) is 9.26. The Hall–Kier alpha value is -0.850. The first kappa shape index (κ1) is 17.2. The third-order valence-corrected chi connectivity index (χ3v) is 3.21. The normalized spacial score (nSPS) is 21.4. The molecule has 0 spiro atoms. The molecule has 1 saturated heterocycles. The summed E-state index contributed by atoms with van der Waals surface area (Å²) >= 11 is 0. The van der Waals surface area contributed by atoms with E-state index in [4.69, 9.17) is 14.2 Å². The number of nitrogens with one attached hydrogen (secondary N) is 1. The zero-order chi connectivity index (χ0) is 15.3. The Bertz CT molecular complexity index is 313. The van der Waals surface area contributed by atoms with Crippen molar-refractivity contribution in [3.63, 3.8) is 0 Å². The van der Waals surface area contributed by atoms with Crippen LogP contribution in [0.3, 0.4) is 0 Å². The predicted molar refractivity (Wildman–Crippen MR) is 76.6 cm³/mol. The largest absolute Gasteiger partial charge is 0.444 e. The molecule has 20 heavy (non-hydrogen) atoms. The molecule has 2 atom stereocenters. The summed E-state index contributed by atoms with van der Waals surface area (Å²) in [4.78, 5) is 13.7. The van der Waals surface area contributed by atoms with Crippen molar-refractivity contribution in [1.82, 2.24) is 10.2 Å². The van der Waals surface area contributed by atoms with Gasteiger partial charge >= 0.3 is 6.09 Å². The predicted octanol–water partition coefficient (Wildman–Crippen LogP) is 1.59. The maximum absolute atomic E-state index is 12.0. The van der Waals surface area contributed by atoms with Crippen molar-refractivity contribution in [1.29, 1.82) is 0 Å². The van der Waals surface area contributed by atoms with Crippen LogP contribution < -0.4 is 5.32 Å². The lowest BCUT2D eigenvalue weighted by Crippen LogP contribution is -2.46. The minimum absolute atomic E-state index is 0.0635. The van der Waals surface area contributed by atoms with Gasteiger partial charge in [0, 0.05) is 33.4 Å². The van der Waals surface area contributed by atoms with Gasteiger partial charge in [-0.25, -0.2) is 4.79 Å². The SMILES string of the molecule is COC(OC)C(C)NC1CCN(C(=O)OC(C)(C)C)C1. The fraction of sp³-hybridized carbons (Fsp3) is 0.929. The van der Waals surface area contributed by atoms with E-state index >= 15 is 0 Å². The van der Waals surface area contributed by atoms with Gasteiger partial charge in [0.15, 0.2) is 6.29 Å². The molecule has 0 aromatic rings. The van der Waals surface area contributed by atoms with Crippen LogP contribution in [0.1, 0.15) is 34.1 Å². The second-order valence-corrected chi connectivity index (χ2v) is 6.21. The monoisotopic (exact) mass is 288 g/mol. The molecule has 2 unspecified atom stereocenters. The number of rotatable bonds is 5. The Morgan fingerprint density at radius 1 is 1.30 bits per heavy atom. The molecule has 1 aliphatic heterocycles. The Morgan fingerprint density at radius 2 is 1.90 bits per heavy atom. The molecule has 1 N–H and O–H groups in total. The molecule has 0 aromatic heterocycles. The van der Waals surface area contributed by atoms with Crippen LogP contribution in [-0.4, -0.2) is 62.3 Å². The lowest BCUT2D eigenvalue weighted by molar-refractivity contribution is -0.120. The van der Waals surface area contributed by atoms with Gasteiger partial charge in [-0.1, -0.05) is 0 Å². The van der Waals surface area contributed by atoms with Crippen LogP contribution in [0.5, 0.6) is 0 Å². The first-order valence-electron chi connectivity index (χ1n) is 7.06. The summed E-state index contributed by atoms with van der Waals surface area (Å²) in [5.41, 5.74) is -0.451. The number of hydrogen-bond acceptors (Lipinski definition) is 5. The zero-order valence-corrected chi connectivity index (χ0v) is 13.4. The number of hydrogen-bond donors (Lipinski definition) is 1. The quantitative estimate of drug-likeness (QED) is 0.779. The highest BCUT2D eigenvalue weighted by atomic mass is 16.7. The molecular weight excluding hydrogens is 260 g/mol. The van der Waals surface area contributed by atoms with Gasteiger partial charge in [0.05, 0.1) is 6.04 Å². The van der Waals surface area contributed by atoms with Gasteiger partial charge < -0.3 is 24.4 Å². The standard InChI is InChI=1S/C14H28N2O4/c1-10(12(18-5)19-6)15-11-7-8-16(9-11)13(17)20-14(2,3)4/h10-12,15H,7-9H2,1-6H3. The first-order valence-corrected chi connectivity index (χ1v) is 7.06. The molecule has 0 aliphatic carbocycles. The van der Waals surface area contributed by atoms with E-state index in [1.807, 2.05) is 27.7 Å². The topological polar surface area (TPSA) is 60.0 Å². The van der Waals surface area contributed by atoms with E-state index in [2.05, 4.69) is 5.32 Å². The van der Waals surface area contributed by atoms with Gasteiger partial charge in [0.2, 0.25) is 0 Å². The summed E-state index contributed by atoms with van der Waals surface area (Å²) in [5, 5.41) is 3.43. The summed E-state index contributed by atoms with van der Waals surface area (Å²) in [6.07, 6.45) is 0.374. The summed E-state index contributed by atoms with van der Waals surface area (Å²) in [6.45, 7) is 9.00. The summed E-state index contributed by atoms with van der Waals surface area (Å²) in [6, 6.07) is 0.305. The minimum Gasteiger partial charge on any atom is -0.444 e. The molecule has 1 rings (SSSR count). The fourth-order valence-corrected chi connectivity index (χ4v) is 2.34. The second kappa shape index (κ2) is 7.24. The molecule has 6 nitrogen and oxygen atoms in total. The fourth-order valence-electron chi connectivity index (χ4n) is 2.34. The number of carbonyl (C=O) groups excluding carboxylic acids is 1. The molecule has 6 heteroatoms. The summed E-state index contributed by atoms with van der Waals surface area (Å²) < 4.78 is 15.8. The Balaban J connectivity index is 2.41. The van der Waals surface area contributed by atoms with E-state index in [1.54, 1.807) is 19.1 Å². The minimum atomic E-state index is -0.451. The number of nitrogens with zero attached hydrogens (tertiary/aromatic N) is 1. The van der Waals surface area contributed by atoms with Crippen LogP contribution in [0, 0.1) is 0 Å². The molecule has 0 bridgehead atoms. The molecule has 1 fully saturated rings. The smallest absolute Gasteiger partial charge is 0.410 e. The van der Waals surface area contributed by atoms with Crippen molar-refractivity contribution < 1.29 is 19.0 Å².